The predicted molar refractivity (Wildman–Crippen MR) is 66.4 cm³/mol. The van der Waals surface area contributed by atoms with Crippen molar-refractivity contribution >= 4 is 0 Å². The Balaban J connectivity index is 1.56. The Morgan fingerprint density at radius 3 is 2.31 bits per heavy atom. The number of piperidine rings is 1. The van der Waals surface area contributed by atoms with E-state index in [1.165, 1.54) is 51.7 Å². The summed E-state index contributed by atoms with van der Waals surface area (Å²) in [6, 6.07) is 3.04. The highest BCUT2D eigenvalue weighted by Crippen LogP contribution is 2.35. The highest BCUT2D eigenvalue weighted by molar-refractivity contribution is 4.97. The molecule has 2 atom stereocenters. The van der Waals surface area contributed by atoms with Crippen molar-refractivity contribution in [1.82, 2.24) is 9.80 Å². The molecule has 0 aromatic heterocycles. The zero-order chi connectivity index (χ0) is 11.1. The fourth-order valence-electron chi connectivity index (χ4n) is 3.49. The summed E-state index contributed by atoms with van der Waals surface area (Å²) in [5.74, 6) is 0. The Kier molecular flexibility index (Phi) is 2.94. The van der Waals surface area contributed by atoms with Gasteiger partial charge in [-0.25, -0.2) is 0 Å². The van der Waals surface area contributed by atoms with E-state index >= 15 is 0 Å². The van der Waals surface area contributed by atoms with Gasteiger partial charge in [0.2, 0.25) is 0 Å². The minimum Gasteiger partial charge on any atom is -0.328 e. The van der Waals surface area contributed by atoms with Crippen molar-refractivity contribution in [3.8, 4) is 0 Å². The minimum absolute atomic E-state index is 0.467. The fourth-order valence-corrected chi connectivity index (χ4v) is 3.49. The topological polar surface area (TPSA) is 32.5 Å². The Bertz CT molecular complexity index is 244. The molecule has 92 valence electrons. The van der Waals surface area contributed by atoms with Crippen LogP contribution >= 0.6 is 0 Å². The average Bonchev–Trinajstić information content (AvgIpc) is 3.04. The van der Waals surface area contributed by atoms with E-state index in [0.717, 1.165) is 18.1 Å². The predicted octanol–water partition coefficient (Wildman–Crippen LogP) is 1.03. The lowest BCUT2D eigenvalue weighted by Crippen LogP contribution is -2.46. The smallest absolute Gasteiger partial charge is 0.0238 e. The van der Waals surface area contributed by atoms with Crippen molar-refractivity contribution in [3.63, 3.8) is 0 Å². The van der Waals surface area contributed by atoms with E-state index in [2.05, 4.69) is 16.7 Å². The standard InChI is InChI=1S/C13H25N3/c1-10-8-13(9-16(10)12-2-3-12)15-6-4-11(14)5-7-15/h10-13H,2-9,14H2,1H3. The molecule has 3 nitrogen and oxygen atoms in total. The largest absolute Gasteiger partial charge is 0.328 e. The second kappa shape index (κ2) is 4.28. The summed E-state index contributed by atoms with van der Waals surface area (Å²) in [6.45, 7) is 6.20. The van der Waals surface area contributed by atoms with Gasteiger partial charge in [0.05, 0.1) is 0 Å². The molecular formula is C13H25N3. The highest BCUT2D eigenvalue weighted by Gasteiger charge is 2.40. The van der Waals surface area contributed by atoms with E-state index in [1.807, 2.05) is 0 Å². The average molecular weight is 223 g/mol. The van der Waals surface area contributed by atoms with Crippen LogP contribution in [0.25, 0.3) is 0 Å². The molecule has 0 amide bonds. The van der Waals surface area contributed by atoms with Gasteiger partial charge in [-0.1, -0.05) is 0 Å². The van der Waals surface area contributed by atoms with E-state index in [4.69, 9.17) is 5.73 Å². The van der Waals surface area contributed by atoms with Gasteiger partial charge >= 0.3 is 0 Å². The first-order valence-corrected chi connectivity index (χ1v) is 6.99. The Morgan fingerprint density at radius 1 is 1.00 bits per heavy atom. The molecule has 0 spiro atoms. The van der Waals surface area contributed by atoms with E-state index in [1.54, 1.807) is 0 Å². The van der Waals surface area contributed by atoms with Crippen LogP contribution in [-0.4, -0.2) is 53.6 Å². The summed E-state index contributed by atoms with van der Waals surface area (Å²) in [5.41, 5.74) is 5.97. The van der Waals surface area contributed by atoms with E-state index in [-0.39, 0.29) is 0 Å². The minimum atomic E-state index is 0.467. The molecular weight excluding hydrogens is 198 g/mol. The zero-order valence-electron chi connectivity index (χ0n) is 10.4. The van der Waals surface area contributed by atoms with Crippen LogP contribution in [0.3, 0.4) is 0 Å². The van der Waals surface area contributed by atoms with Gasteiger partial charge < -0.3 is 5.73 Å². The zero-order valence-corrected chi connectivity index (χ0v) is 10.4. The summed E-state index contributed by atoms with van der Waals surface area (Å²) in [7, 11) is 0. The van der Waals surface area contributed by atoms with Crippen LogP contribution in [-0.2, 0) is 0 Å². The van der Waals surface area contributed by atoms with Crippen LogP contribution in [0.2, 0.25) is 0 Å². The van der Waals surface area contributed by atoms with Gasteiger partial charge in [-0.2, -0.15) is 0 Å². The molecule has 2 aliphatic heterocycles. The molecule has 3 fully saturated rings. The quantitative estimate of drug-likeness (QED) is 0.759. The number of hydrogen-bond donors (Lipinski definition) is 1. The lowest BCUT2D eigenvalue weighted by molar-refractivity contribution is 0.151. The van der Waals surface area contributed by atoms with Crippen molar-refractivity contribution in [1.29, 1.82) is 0 Å². The van der Waals surface area contributed by atoms with E-state index in [9.17, 15) is 0 Å². The molecule has 0 aromatic carbocycles. The first-order chi connectivity index (χ1) is 7.74. The second-order valence-electron chi connectivity index (χ2n) is 6.04. The summed E-state index contributed by atoms with van der Waals surface area (Å²) in [6.07, 6.45) is 6.68. The molecule has 0 aromatic rings. The number of nitrogens with zero attached hydrogens (tertiary/aromatic N) is 2. The Morgan fingerprint density at radius 2 is 1.69 bits per heavy atom. The van der Waals surface area contributed by atoms with Crippen LogP contribution in [0.5, 0.6) is 0 Å². The molecule has 2 heterocycles. The van der Waals surface area contributed by atoms with Crippen molar-refractivity contribution in [2.24, 2.45) is 5.73 Å². The molecule has 2 N–H and O–H groups in total. The molecule has 3 aliphatic rings. The lowest BCUT2D eigenvalue weighted by atomic mass is 10.0. The van der Waals surface area contributed by atoms with Crippen molar-refractivity contribution in [2.45, 2.75) is 63.2 Å². The molecule has 3 heteroatoms. The number of likely N-dealkylation sites (tertiary alicyclic amines) is 2. The summed E-state index contributed by atoms with van der Waals surface area (Å²) < 4.78 is 0. The van der Waals surface area contributed by atoms with Gasteiger partial charge in [0.1, 0.15) is 0 Å². The Hall–Kier alpha value is -0.120. The maximum absolute atomic E-state index is 5.97. The highest BCUT2D eigenvalue weighted by atomic mass is 15.3. The van der Waals surface area contributed by atoms with Crippen LogP contribution in [0, 0.1) is 0 Å². The molecule has 2 saturated heterocycles. The molecule has 1 aliphatic carbocycles. The second-order valence-corrected chi connectivity index (χ2v) is 6.04. The van der Waals surface area contributed by atoms with Gasteiger partial charge in [0.15, 0.2) is 0 Å². The number of rotatable bonds is 2. The third-order valence-corrected chi connectivity index (χ3v) is 4.71. The van der Waals surface area contributed by atoms with Gasteiger partial charge in [-0.3, -0.25) is 9.80 Å². The summed E-state index contributed by atoms with van der Waals surface area (Å²) in [4.78, 5) is 5.45. The Labute approximate surface area is 99.0 Å². The maximum atomic E-state index is 5.97. The van der Waals surface area contributed by atoms with Crippen LogP contribution in [0.15, 0.2) is 0 Å². The normalized spacial score (nSPS) is 39.4. The number of nitrogens with two attached hydrogens (primary N) is 1. The first-order valence-electron chi connectivity index (χ1n) is 6.99. The SMILES string of the molecule is CC1CC(N2CCC(N)CC2)CN1C1CC1. The van der Waals surface area contributed by atoms with Gasteiger partial charge in [-0.05, 0) is 52.1 Å². The van der Waals surface area contributed by atoms with Gasteiger partial charge in [0, 0.05) is 30.7 Å². The molecule has 3 rings (SSSR count). The van der Waals surface area contributed by atoms with Crippen LogP contribution < -0.4 is 5.73 Å². The van der Waals surface area contributed by atoms with E-state index < -0.39 is 0 Å². The van der Waals surface area contributed by atoms with Crippen molar-refractivity contribution in [2.75, 3.05) is 19.6 Å². The van der Waals surface area contributed by atoms with Crippen molar-refractivity contribution in [3.05, 3.63) is 0 Å². The van der Waals surface area contributed by atoms with Gasteiger partial charge in [0.25, 0.3) is 0 Å². The van der Waals surface area contributed by atoms with Crippen LogP contribution in [0.1, 0.15) is 39.0 Å². The first kappa shape index (κ1) is 11.0. The monoisotopic (exact) mass is 223 g/mol. The van der Waals surface area contributed by atoms with Crippen molar-refractivity contribution < 1.29 is 0 Å². The molecule has 1 saturated carbocycles. The summed E-state index contributed by atoms with van der Waals surface area (Å²) in [5, 5.41) is 0. The third-order valence-electron chi connectivity index (χ3n) is 4.71. The third kappa shape index (κ3) is 2.13. The van der Waals surface area contributed by atoms with E-state index in [0.29, 0.717) is 6.04 Å². The van der Waals surface area contributed by atoms with Crippen LogP contribution in [0.4, 0.5) is 0 Å². The summed E-state index contributed by atoms with van der Waals surface area (Å²) >= 11 is 0. The lowest BCUT2D eigenvalue weighted by Gasteiger charge is -2.34. The molecule has 0 radical (unpaired) electrons. The fraction of sp³-hybridized carbons (Fsp3) is 1.00. The molecule has 2 unspecified atom stereocenters. The number of hydrogen-bond acceptors (Lipinski definition) is 3. The van der Waals surface area contributed by atoms with Gasteiger partial charge in [-0.15, -0.1) is 0 Å². The molecule has 16 heavy (non-hydrogen) atoms. The maximum Gasteiger partial charge on any atom is 0.0238 e. The molecule has 0 bridgehead atoms.